The van der Waals surface area contributed by atoms with Gasteiger partial charge in [0.05, 0.1) is 32.5 Å². The van der Waals surface area contributed by atoms with Crippen molar-refractivity contribution in [2.45, 2.75) is 30.5 Å². The molecule has 1 saturated heterocycles. The highest BCUT2D eigenvalue weighted by molar-refractivity contribution is 6.23. The molecule has 0 saturated carbocycles. The average Bonchev–Trinajstić information content (AvgIpc) is 3.60. The third kappa shape index (κ3) is 5.93. The first kappa shape index (κ1) is 34.5. The third-order valence-electron chi connectivity index (χ3n) is 10.9. The van der Waals surface area contributed by atoms with Crippen LogP contribution in [0.25, 0.3) is 43.4 Å². The lowest BCUT2D eigenvalue weighted by Gasteiger charge is -2.37. The van der Waals surface area contributed by atoms with Gasteiger partial charge in [0.1, 0.15) is 29.4 Å². The Morgan fingerprint density at radius 3 is 1.84 bits per heavy atom. The second-order valence-electron chi connectivity index (χ2n) is 14.0. The van der Waals surface area contributed by atoms with Crippen molar-refractivity contribution in [2.75, 3.05) is 20.8 Å². The van der Waals surface area contributed by atoms with E-state index in [1.165, 1.54) is 16.2 Å². The maximum atomic E-state index is 13.4. The topological polar surface area (TPSA) is 112 Å². The normalized spacial score (nSPS) is 17.3. The van der Waals surface area contributed by atoms with Gasteiger partial charge in [-0.05, 0) is 91.0 Å². The molecule has 7 aromatic carbocycles. The standard InChI is InChI=1S/C46H38N2O7/c1-52-36-19-15-34(16-20-36)46(33-9-4-3-5-10-33,35-17-21-37(53-2)22-18-35)54-27-40-39(49)25-41(55-40)48-26-38(44(50)47-45(48)51)32-23-30-13-11-28-7-6-8-29-12-14-31(24-32)43(30)42(28)29/h3-24,26,39-41,49H,25,27H2,1-2H3,(H,47,50,51)/t39-,40+,41+/m0/s1. The molecule has 0 bridgehead atoms. The molecule has 3 atom stereocenters. The van der Waals surface area contributed by atoms with E-state index in [1.54, 1.807) is 14.2 Å². The van der Waals surface area contributed by atoms with Crippen molar-refractivity contribution in [3.63, 3.8) is 0 Å². The number of ether oxygens (including phenoxy) is 4. The molecule has 0 radical (unpaired) electrons. The number of nitrogens with one attached hydrogen (secondary N) is 1. The molecule has 0 spiro atoms. The molecule has 0 aliphatic carbocycles. The molecular formula is C46H38N2O7. The Kier molecular flexibility index (Phi) is 8.70. The summed E-state index contributed by atoms with van der Waals surface area (Å²) >= 11 is 0. The molecule has 2 N–H and O–H groups in total. The number of H-pyrrole nitrogens is 1. The van der Waals surface area contributed by atoms with Gasteiger partial charge in [-0.15, -0.1) is 0 Å². The van der Waals surface area contributed by atoms with Crippen LogP contribution in [0.5, 0.6) is 11.5 Å². The van der Waals surface area contributed by atoms with Crippen molar-refractivity contribution in [1.82, 2.24) is 9.55 Å². The summed E-state index contributed by atoms with van der Waals surface area (Å²) in [6.45, 7) is -0.0219. The van der Waals surface area contributed by atoms with Crippen molar-refractivity contribution in [3.05, 3.63) is 177 Å². The van der Waals surface area contributed by atoms with Crippen molar-refractivity contribution >= 4 is 32.3 Å². The number of hydrogen-bond donors (Lipinski definition) is 2. The van der Waals surface area contributed by atoms with E-state index in [0.29, 0.717) is 22.6 Å². The minimum atomic E-state index is -1.13. The van der Waals surface area contributed by atoms with E-state index < -0.39 is 35.3 Å². The van der Waals surface area contributed by atoms with Gasteiger partial charge in [-0.2, -0.15) is 0 Å². The first-order valence-corrected chi connectivity index (χ1v) is 18.2. The summed E-state index contributed by atoms with van der Waals surface area (Å²) in [5.74, 6) is 1.40. The molecular weight excluding hydrogens is 693 g/mol. The van der Waals surface area contributed by atoms with E-state index in [4.69, 9.17) is 18.9 Å². The summed E-state index contributed by atoms with van der Waals surface area (Å²) in [5, 5.41) is 18.0. The number of aromatic nitrogens is 2. The quantitative estimate of drug-likeness (QED) is 0.109. The number of rotatable bonds is 10. The van der Waals surface area contributed by atoms with Gasteiger partial charge in [0.15, 0.2) is 0 Å². The van der Waals surface area contributed by atoms with Crippen LogP contribution < -0.4 is 20.7 Å². The zero-order valence-corrected chi connectivity index (χ0v) is 30.3. The van der Waals surface area contributed by atoms with Gasteiger partial charge in [-0.3, -0.25) is 14.3 Å². The molecule has 0 unspecified atom stereocenters. The number of methoxy groups -OCH3 is 2. The fourth-order valence-corrected chi connectivity index (χ4v) is 8.13. The van der Waals surface area contributed by atoms with Crippen LogP contribution in [0.4, 0.5) is 0 Å². The fourth-order valence-electron chi connectivity index (χ4n) is 8.13. The second-order valence-corrected chi connectivity index (χ2v) is 14.0. The summed E-state index contributed by atoms with van der Waals surface area (Å²) in [6.07, 6.45) is -0.971. The molecule has 9 nitrogen and oxygen atoms in total. The second kappa shape index (κ2) is 13.9. The van der Waals surface area contributed by atoms with Crippen LogP contribution in [-0.4, -0.2) is 47.7 Å². The lowest BCUT2D eigenvalue weighted by atomic mass is 9.80. The van der Waals surface area contributed by atoms with Crippen LogP contribution in [0.15, 0.2) is 149 Å². The van der Waals surface area contributed by atoms with Crippen LogP contribution in [0.3, 0.4) is 0 Å². The Labute approximate surface area is 316 Å². The first-order valence-electron chi connectivity index (χ1n) is 18.2. The molecule has 1 aliphatic rings. The van der Waals surface area contributed by atoms with Crippen LogP contribution >= 0.6 is 0 Å². The molecule has 1 aliphatic heterocycles. The number of hydrogen-bond acceptors (Lipinski definition) is 7. The minimum absolute atomic E-state index is 0.0219. The summed E-state index contributed by atoms with van der Waals surface area (Å²) < 4.78 is 25.7. The largest absolute Gasteiger partial charge is 0.497 e. The summed E-state index contributed by atoms with van der Waals surface area (Å²) in [6, 6.07) is 43.8. The van der Waals surface area contributed by atoms with E-state index in [9.17, 15) is 14.7 Å². The fraction of sp³-hybridized carbons (Fsp3) is 0.174. The molecule has 1 fully saturated rings. The highest BCUT2D eigenvalue weighted by Crippen LogP contribution is 2.43. The maximum Gasteiger partial charge on any atom is 0.330 e. The molecule has 0 amide bonds. The van der Waals surface area contributed by atoms with E-state index in [1.807, 2.05) is 91.0 Å². The lowest BCUT2D eigenvalue weighted by molar-refractivity contribution is -0.0944. The van der Waals surface area contributed by atoms with Crippen LogP contribution in [0.1, 0.15) is 29.3 Å². The zero-order chi connectivity index (χ0) is 37.7. The average molecular weight is 731 g/mol. The van der Waals surface area contributed by atoms with Gasteiger partial charge >= 0.3 is 5.69 Å². The van der Waals surface area contributed by atoms with Gasteiger partial charge in [0.25, 0.3) is 5.56 Å². The van der Waals surface area contributed by atoms with Gasteiger partial charge in [-0.25, -0.2) is 4.79 Å². The van der Waals surface area contributed by atoms with Gasteiger partial charge in [-0.1, -0.05) is 97.1 Å². The van der Waals surface area contributed by atoms with E-state index in [0.717, 1.165) is 43.6 Å². The number of aliphatic hydroxyl groups is 1. The number of nitrogens with zero attached hydrogens (tertiary/aromatic N) is 1. The van der Waals surface area contributed by atoms with Gasteiger partial charge in [0, 0.05) is 12.6 Å². The predicted octanol–water partition coefficient (Wildman–Crippen LogP) is 7.78. The maximum absolute atomic E-state index is 13.4. The number of aliphatic hydroxyl groups excluding tert-OH is 1. The third-order valence-corrected chi connectivity index (χ3v) is 10.9. The highest BCUT2D eigenvalue weighted by atomic mass is 16.6. The summed E-state index contributed by atoms with van der Waals surface area (Å²) in [4.78, 5) is 29.3. The molecule has 8 aromatic rings. The Hall–Kier alpha value is -6.26. The Morgan fingerprint density at radius 2 is 1.25 bits per heavy atom. The van der Waals surface area contributed by atoms with E-state index in [2.05, 4.69) is 47.4 Å². The molecule has 1 aromatic heterocycles. The molecule has 55 heavy (non-hydrogen) atoms. The zero-order valence-electron chi connectivity index (χ0n) is 30.3. The Morgan fingerprint density at radius 1 is 0.709 bits per heavy atom. The smallest absolute Gasteiger partial charge is 0.330 e. The van der Waals surface area contributed by atoms with Crippen LogP contribution in [0, 0.1) is 0 Å². The molecule has 2 heterocycles. The highest BCUT2D eigenvalue weighted by Gasteiger charge is 2.42. The van der Waals surface area contributed by atoms with E-state index >= 15 is 0 Å². The summed E-state index contributed by atoms with van der Waals surface area (Å²) in [7, 11) is 3.24. The lowest BCUT2D eigenvalue weighted by Crippen LogP contribution is -2.38. The molecule has 274 valence electrons. The van der Waals surface area contributed by atoms with Crippen molar-refractivity contribution < 1.29 is 24.1 Å². The molecule has 9 rings (SSSR count). The van der Waals surface area contributed by atoms with Crippen LogP contribution in [0.2, 0.25) is 0 Å². The SMILES string of the molecule is COc1ccc(C(OC[C@H]2O[C@@H](n3cc(-c4cc5ccc6cccc7ccc(c4)c5c67)c(=O)[nH]c3=O)C[C@@H]2O)(c2ccccc2)c2ccc(OC)cc2)cc1. The van der Waals surface area contributed by atoms with Crippen molar-refractivity contribution in [2.24, 2.45) is 0 Å². The van der Waals surface area contributed by atoms with E-state index in [-0.39, 0.29) is 13.0 Å². The Balaban J connectivity index is 1.06. The van der Waals surface area contributed by atoms with Gasteiger partial charge in [0.2, 0.25) is 0 Å². The predicted molar refractivity (Wildman–Crippen MR) is 213 cm³/mol. The number of aromatic amines is 1. The molecule has 9 heteroatoms. The van der Waals surface area contributed by atoms with Crippen molar-refractivity contribution in [3.8, 4) is 22.6 Å². The Bertz CT molecular complexity index is 2650. The van der Waals surface area contributed by atoms with Crippen molar-refractivity contribution in [1.29, 1.82) is 0 Å². The minimum Gasteiger partial charge on any atom is -0.497 e. The van der Waals surface area contributed by atoms with Gasteiger partial charge < -0.3 is 24.1 Å². The monoisotopic (exact) mass is 730 g/mol. The first-order chi connectivity index (χ1) is 26.9. The number of benzene rings is 7. The van der Waals surface area contributed by atoms with Crippen LogP contribution in [-0.2, 0) is 15.1 Å². The summed E-state index contributed by atoms with van der Waals surface area (Å²) in [5.41, 5.74) is 1.28.